The van der Waals surface area contributed by atoms with E-state index in [1.54, 1.807) is 0 Å². The van der Waals surface area contributed by atoms with Crippen LogP contribution in [-0.4, -0.2) is 6.29 Å². The third-order valence-corrected chi connectivity index (χ3v) is 0.444. The van der Waals surface area contributed by atoms with Gasteiger partial charge in [0.25, 0.3) is 0 Å². The molecule has 0 atom stereocenters. The summed E-state index contributed by atoms with van der Waals surface area (Å²) in [6, 6.07) is 0. The van der Waals surface area contributed by atoms with Gasteiger partial charge in [0.15, 0.2) is 0 Å². The second-order valence-electron chi connectivity index (χ2n) is 0.988. The molecular formula is C7H6O. The Kier molecular flexibility index (Phi) is 4.79. The molecule has 0 radical (unpaired) electrons. The summed E-state index contributed by atoms with van der Waals surface area (Å²) in [7, 11) is 0. The lowest BCUT2D eigenvalue weighted by molar-refractivity contribution is -0.104. The van der Waals surface area contributed by atoms with Gasteiger partial charge >= 0.3 is 0 Å². The fourth-order valence-corrected chi connectivity index (χ4v) is 0.194. The van der Waals surface area contributed by atoms with E-state index in [2.05, 4.69) is 18.4 Å². The fourth-order valence-electron chi connectivity index (χ4n) is 0.194. The summed E-state index contributed by atoms with van der Waals surface area (Å²) in [5.41, 5.74) is 0. The van der Waals surface area contributed by atoms with Gasteiger partial charge in [-0.3, -0.25) is 4.79 Å². The van der Waals surface area contributed by atoms with Crippen LogP contribution >= 0.6 is 0 Å². The van der Waals surface area contributed by atoms with E-state index in [1.165, 1.54) is 18.2 Å². The summed E-state index contributed by atoms with van der Waals surface area (Å²) in [6.07, 6.45) is 4.94. The Morgan fingerprint density at radius 2 is 2.12 bits per heavy atom. The van der Waals surface area contributed by atoms with E-state index in [1.807, 2.05) is 0 Å². The van der Waals surface area contributed by atoms with Crippen molar-refractivity contribution in [3.63, 3.8) is 0 Å². The van der Waals surface area contributed by atoms with Crippen LogP contribution in [-0.2, 0) is 4.79 Å². The summed E-state index contributed by atoms with van der Waals surface area (Å²) in [6.45, 7) is 3.36. The molecule has 0 aliphatic heterocycles. The topological polar surface area (TPSA) is 17.1 Å². The van der Waals surface area contributed by atoms with Gasteiger partial charge in [-0.15, -0.1) is 0 Å². The molecule has 0 N–H and O–H groups in total. The molecule has 0 aromatic rings. The van der Waals surface area contributed by atoms with E-state index in [0.29, 0.717) is 6.29 Å². The monoisotopic (exact) mass is 106 g/mol. The highest BCUT2D eigenvalue weighted by molar-refractivity contribution is 5.65. The van der Waals surface area contributed by atoms with Gasteiger partial charge in [0, 0.05) is 0 Å². The standard InChI is InChI=1S/C7H6O/c1-2-3-4-5-6-7-8/h2,5-7H,1H2/b6-5-. The van der Waals surface area contributed by atoms with Crippen molar-refractivity contribution in [1.29, 1.82) is 0 Å². The zero-order valence-corrected chi connectivity index (χ0v) is 4.42. The molecule has 0 heterocycles. The highest BCUT2D eigenvalue weighted by Gasteiger charge is 1.55. The number of rotatable bonds is 1. The van der Waals surface area contributed by atoms with Crippen LogP contribution in [0.3, 0.4) is 0 Å². The predicted octanol–water partition coefficient (Wildman–Crippen LogP) is 0.931. The Bertz CT molecular complexity index is 155. The van der Waals surface area contributed by atoms with Crippen LogP contribution < -0.4 is 0 Å². The highest BCUT2D eigenvalue weighted by atomic mass is 16.1. The molecule has 8 heavy (non-hydrogen) atoms. The Morgan fingerprint density at radius 3 is 2.62 bits per heavy atom. The van der Waals surface area contributed by atoms with Crippen molar-refractivity contribution >= 4 is 6.29 Å². The van der Waals surface area contributed by atoms with E-state index in [0.717, 1.165) is 0 Å². The molecule has 0 unspecified atom stereocenters. The third kappa shape index (κ3) is 4.71. The molecule has 0 rings (SSSR count). The minimum atomic E-state index is 0.678. The maximum Gasteiger partial charge on any atom is 0.143 e. The maximum atomic E-state index is 9.59. The molecule has 0 amide bonds. The molecule has 0 aromatic heterocycles. The molecule has 0 aromatic carbocycles. The normalized spacial score (nSPS) is 7.50. The van der Waals surface area contributed by atoms with Crippen molar-refractivity contribution in [3.8, 4) is 11.8 Å². The number of aldehydes is 1. The zero-order chi connectivity index (χ0) is 6.24. The molecule has 0 fully saturated rings. The number of hydrogen-bond acceptors (Lipinski definition) is 1. The van der Waals surface area contributed by atoms with Crippen LogP contribution in [0.15, 0.2) is 24.8 Å². The van der Waals surface area contributed by atoms with Gasteiger partial charge in [-0.25, -0.2) is 0 Å². The summed E-state index contributed by atoms with van der Waals surface area (Å²) in [4.78, 5) is 9.59. The number of carbonyl (C=O) groups excluding carboxylic acids is 1. The minimum absolute atomic E-state index is 0.678. The Labute approximate surface area is 48.7 Å². The quantitative estimate of drug-likeness (QED) is 0.276. The first-order chi connectivity index (χ1) is 3.91. The smallest absolute Gasteiger partial charge is 0.143 e. The van der Waals surface area contributed by atoms with Crippen molar-refractivity contribution in [1.82, 2.24) is 0 Å². The zero-order valence-electron chi connectivity index (χ0n) is 4.42. The first kappa shape index (κ1) is 6.71. The van der Waals surface area contributed by atoms with Crippen molar-refractivity contribution in [2.75, 3.05) is 0 Å². The summed E-state index contributed by atoms with van der Waals surface area (Å²) in [5, 5.41) is 0. The minimum Gasteiger partial charge on any atom is -0.299 e. The molecule has 0 saturated carbocycles. The van der Waals surface area contributed by atoms with E-state index in [-0.39, 0.29) is 0 Å². The van der Waals surface area contributed by atoms with Gasteiger partial charge in [-0.2, -0.15) is 0 Å². The Balaban J connectivity index is 3.56. The van der Waals surface area contributed by atoms with Gasteiger partial charge in [-0.1, -0.05) is 18.4 Å². The number of carbonyl (C=O) groups is 1. The van der Waals surface area contributed by atoms with Gasteiger partial charge in [-0.05, 0) is 18.2 Å². The lowest BCUT2D eigenvalue weighted by atomic mass is 10.5. The summed E-state index contributed by atoms with van der Waals surface area (Å²) < 4.78 is 0. The van der Waals surface area contributed by atoms with Crippen LogP contribution in [0.2, 0.25) is 0 Å². The van der Waals surface area contributed by atoms with Gasteiger partial charge < -0.3 is 0 Å². The molecule has 1 nitrogen and oxygen atoms in total. The van der Waals surface area contributed by atoms with Crippen molar-refractivity contribution < 1.29 is 4.79 Å². The second kappa shape index (κ2) is 5.71. The largest absolute Gasteiger partial charge is 0.299 e. The van der Waals surface area contributed by atoms with E-state index >= 15 is 0 Å². The molecule has 0 aliphatic rings. The first-order valence-electron chi connectivity index (χ1n) is 2.14. The molecule has 0 saturated heterocycles. The average molecular weight is 106 g/mol. The van der Waals surface area contributed by atoms with Crippen molar-refractivity contribution in [3.05, 3.63) is 24.8 Å². The van der Waals surface area contributed by atoms with Gasteiger partial charge in [0.05, 0.1) is 0 Å². The van der Waals surface area contributed by atoms with Crippen LogP contribution in [0.1, 0.15) is 0 Å². The van der Waals surface area contributed by atoms with Crippen LogP contribution in [0.25, 0.3) is 0 Å². The lowest BCUT2D eigenvalue weighted by Crippen LogP contribution is -1.55. The molecule has 0 aliphatic carbocycles. The maximum absolute atomic E-state index is 9.59. The molecule has 40 valence electrons. The van der Waals surface area contributed by atoms with Crippen LogP contribution in [0, 0.1) is 11.8 Å². The molecule has 1 heteroatoms. The molecular weight excluding hydrogens is 100 g/mol. The van der Waals surface area contributed by atoms with Crippen molar-refractivity contribution in [2.45, 2.75) is 0 Å². The molecule has 0 spiro atoms. The number of allylic oxidation sites excluding steroid dienone is 3. The second-order valence-corrected chi connectivity index (χ2v) is 0.988. The first-order valence-corrected chi connectivity index (χ1v) is 2.14. The SMILES string of the molecule is C=CC#C/C=C\C=O. The summed E-state index contributed by atoms with van der Waals surface area (Å²) >= 11 is 0. The van der Waals surface area contributed by atoms with Gasteiger partial charge in [0.1, 0.15) is 6.29 Å². The Hall–Kier alpha value is -1.29. The lowest BCUT2D eigenvalue weighted by Gasteiger charge is -1.58. The van der Waals surface area contributed by atoms with E-state index < -0.39 is 0 Å². The van der Waals surface area contributed by atoms with Gasteiger partial charge in [0.2, 0.25) is 0 Å². The average Bonchev–Trinajstić information content (AvgIpc) is 1.81. The Morgan fingerprint density at radius 1 is 1.38 bits per heavy atom. The molecule has 0 bridgehead atoms. The van der Waals surface area contributed by atoms with Crippen LogP contribution in [0.4, 0.5) is 0 Å². The van der Waals surface area contributed by atoms with Crippen molar-refractivity contribution in [2.24, 2.45) is 0 Å². The number of hydrogen-bond donors (Lipinski definition) is 0. The predicted molar refractivity (Wildman–Crippen MR) is 33.2 cm³/mol. The highest BCUT2D eigenvalue weighted by Crippen LogP contribution is 1.62. The van der Waals surface area contributed by atoms with Crippen LogP contribution in [0.5, 0.6) is 0 Å². The fraction of sp³-hybridized carbons (Fsp3) is 0. The van der Waals surface area contributed by atoms with E-state index in [9.17, 15) is 4.79 Å². The third-order valence-electron chi connectivity index (χ3n) is 0.444. The van der Waals surface area contributed by atoms with E-state index in [4.69, 9.17) is 0 Å². The summed E-state index contributed by atoms with van der Waals surface area (Å²) in [5.74, 6) is 5.11.